The van der Waals surface area contributed by atoms with E-state index in [1.165, 1.54) is 12.1 Å². The summed E-state index contributed by atoms with van der Waals surface area (Å²) in [4.78, 5) is 17.1. The number of carbonyl (C=O) groups is 1. The number of benzene rings is 1. The van der Waals surface area contributed by atoms with Crippen LogP contribution in [0.25, 0.3) is 0 Å². The Morgan fingerprint density at radius 3 is 2.75 bits per heavy atom. The summed E-state index contributed by atoms with van der Waals surface area (Å²) in [5.74, 6) is 0.491. The molecule has 0 atom stereocenters. The van der Waals surface area contributed by atoms with E-state index in [1.54, 1.807) is 18.4 Å². The maximum Gasteiger partial charge on any atom is 0.227 e. The molecule has 2 aromatic rings. The van der Waals surface area contributed by atoms with E-state index in [4.69, 9.17) is 4.42 Å². The Bertz CT molecular complexity index is 664. The first-order valence-electron chi connectivity index (χ1n) is 8.36. The number of likely N-dealkylation sites (tertiary alicyclic amines) is 1. The van der Waals surface area contributed by atoms with Gasteiger partial charge < -0.3 is 14.2 Å². The third kappa shape index (κ3) is 4.23. The summed E-state index contributed by atoms with van der Waals surface area (Å²) >= 11 is 0. The van der Waals surface area contributed by atoms with E-state index in [1.807, 2.05) is 17.0 Å². The van der Waals surface area contributed by atoms with Gasteiger partial charge in [-0.15, -0.1) is 0 Å². The second kappa shape index (κ2) is 7.62. The minimum Gasteiger partial charge on any atom is -0.467 e. The van der Waals surface area contributed by atoms with Gasteiger partial charge in [-0.2, -0.15) is 0 Å². The highest BCUT2D eigenvalue weighted by Crippen LogP contribution is 2.20. The second-order valence-corrected chi connectivity index (χ2v) is 6.44. The van der Waals surface area contributed by atoms with Crippen molar-refractivity contribution >= 4 is 5.91 Å². The van der Waals surface area contributed by atoms with Crippen LogP contribution in [0, 0.1) is 5.82 Å². The van der Waals surface area contributed by atoms with Crippen molar-refractivity contribution in [2.75, 3.05) is 20.1 Å². The van der Waals surface area contributed by atoms with Crippen LogP contribution in [0.15, 0.2) is 47.1 Å². The van der Waals surface area contributed by atoms with E-state index in [0.717, 1.165) is 31.7 Å². The Morgan fingerprint density at radius 2 is 2.08 bits per heavy atom. The van der Waals surface area contributed by atoms with Gasteiger partial charge in [0.05, 0.1) is 19.2 Å². The molecule has 1 aromatic heterocycles. The maximum absolute atomic E-state index is 13.4. The average molecular weight is 330 g/mol. The van der Waals surface area contributed by atoms with Gasteiger partial charge in [-0.05, 0) is 62.8 Å². The molecule has 1 aliphatic heterocycles. The number of amides is 1. The van der Waals surface area contributed by atoms with Gasteiger partial charge in [-0.1, -0.05) is 12.1 Å². The largest absolute Gasteiger partial charge is 0.467 e. The summed E-state index contributed by atoms with van der Waals surface area (Å²) in [6, 6.07) is 10.2. The lowest BCUT2D eigenvalue weighted by Gasteiger charge is -2.37. The van der Waals surface area contributed by atoms with E-state index < -0.39 is 0 Å². The topological polar surface area (TPSA) is 36.7 Å². The van der Waals surface area contributed by atoms with E-state index in [2.05, 4.69) is 11.9 Å². The molecule has 1 aliphatic rings. The lowest BCUT2D eigenvalue weighted by atomic mass is 10.0. The third-order valence-corrected chi connectivity index (χ3v) is 4.60. The van der Waals surface area contributed by atoms with E-state index in [-0.39, 0.29) is 24.2 Å². The first kappa shape index (κ1) is 16.7. The van der Waals surface area contributed by atoms with Crippen molar-refractivity contribution in [1.29, 1.82) is 0 Å². The minimum atomic E-state index is -0.308. The van der Waals surface area contributed by atoms with Gasteiger partial charge in [0, 0.05) is 6.04 Å². The molecule has 0 N–H and O–H groups in total. The number of carbonyl (C=O) groups excluding carboxylic acids is 1. The highest BCUT2D eigenvalue weighted by atomic mass is 19.1. The van der Waals surface area contributed by atoms with Crippen LogP contribution in [-0.4, -0.2) is 41.9 Å². The second-order valence-electron chi connectivity index (χ2n) is 6.44. The molecule has 1 amide bonds. The SMILES string of the molecule is CN1CCC(N(Cc2ccco2)C(=O)Cc2cccc(F)c2)CC1. The summed E-state index contributed by atoms with van der Waals surface area (Å²) in [7, 11) is 2.10. The standard InChI is InChI=1S/C19H23FN2O2/c1-21-9-7-17(8-10-21)22(14-18-6-3-11-24-18)19(23)13-15-4-2-5-16(20)12-15/h2-6,11-12,17H,7-10,13-14H2,1H3. The van der Waals surface area contributed by atoms with Crippen LogP contribution in [0.5, 0.6) is 0 Å². The molecule has 1 aromatic carbocycles. The Hall–Kier alpha value is -2.14. The summed E-state index contributed by atoms with van der Waals surface area (Å²) in [6.45, 7) is 2.43. The molecule has 24 heavy (non-hydrogen) atoms. The number of rotatable bonds is 5. The molecule has 128 valence electrons. The fourth-order valence-corrected chi connectivity index (χ4v) is 3.22. The molecule has 0 aliphatic carbocycles. The van der Waals surface area contributed by atoms with Crippen molar-refractivity contribution in [3.8, 4) is 0 Å². The number of nitrogens with zero attached hydrogens (tertiary/aromatic N) is 2. The smallest absolute Gasteiger partial charge is 0.227 e. The summed E-state index contributed by atoms with van der Waals surface area (Å²) in [5.41, 5.74) is 0.706. The van der Waals surface area contributed by atoms with Crippen LogP contribution in [0.1, 0.15) is 24.2 Å². The summed E-state index contributed by atoms with van der Waals surface area (Å²) in [5, 5.41) is 0. The molecule has 2 heterocycles. The first-order chi connectivity index (χ1) is 11.6. The zero-order valence-electron chi connectivity index (χ0n) is 14.0. The van der Waals surface area contributed by atoms with Gasteiger partial charge in [0.25, 0.3) is 0 Å². The average Bonchev–Trinajstić information content (AvgIpc) is 3.07. The molecule has 4 nitrogen and oxygen atoms in total. The molecule has 1 fully saturated rings. The Labute approximate surface area is 141 Å². The number of furan rings is 1. The Morgan fingerprint density at radius 1 is 1.29 bits per heavy atom. The Balaban J connectivity index is 1.74. The van der Waals surface area contributed by atoms with Crippen LogP contribution in [0.4, 0.5) is 4.39 Å². The summed E-state index contributed by atoms with van der Waals surface area (Å²) < 4.78 is 18.8. The van der Waals surface area contributed by atoms with E-state index >= 15 is 0 Å². The fraction of sp³-hybridized carbons (Fsp3) is 0.421. The molecule has 3 rings (SSSR count). The van der Waals surface area contributed by atoms with Crippen molar-refractivity contribution in [1.82, 2.24) is 9.80 Å². The van der Waals surface area contributed by atoms with Crippen molar-refractivity contribution in [3.05, 3.63) is 59.8 Å². The summed E-state index contributed by atoms with van der Waals surface area (Å²) in [6.07, 6.45) is 3.74. The van der Waals surface area contributed by atoms with Gasteiger partial charge in [0.2, 0.25) is 5.91 Å². The molecular formula is C19H23FN2O2. The van der Waals surface area contributed by atoms with E-state index in [9.17, 15) is 9.18 Å². The van der Waals surface area contributed by atoms with Gasteiger partial charge >= 0.3 is 0 Å². The van der Waals surface area contributed by atoms with Crippen molar-refractivity contribution in [3.63, 3.8) is 0 Å². The highest BCUT2D eigenvalue weighted by molar-refractivity contribution is 5.79. The normalized spacial score (nSPS) is 16.2. The first-order valence-corrected chi connectivity index (χ1v) is 8.36. The number of piperidine rings is 1. The quantitative estimate of drug-likeness (QED) is 0.845. The molecule has 0 spiro atoms. The van der Waals surface area contributed by atoms with Crippen molar-refractivity contribution in [2.24, 2.45) is 0 Å². The molecule has 1 saturated heterocycles. The van der Waals surface area contributed by atoms with Crippen LogP contribution in [-0.2, 0) is 17.8 Å². The van der Waals surface area contributed by atoms with E-state index in [0.29, 0.717) is 12.1 Å². The lowest BCUT2D eigenvalue weighted by Crippen LogP contribution is -2.46. The number of hydrogen-bond donors (Lipinski definition) is 0. The monoisotopic (exact) mass is 330 g/mol. The molecular weight excluding hydrogens is 307 g/mol. The number of halogens is 1. The van der Waals surface area contributed by atoms with Crippen LogP contribution >= 0.6 is 0 Å². The zero-order valence-corrected chi connectivity index (χ0v) is 14.0. The molecule has 0 radical (unpaired) electrons. The predicted octanol–water partition coefficient (Wildman–Crippen LogP) is 3.08. The molecule has 0 unspecified atom stereocenters. The lowest BCUT2D eigenvalue weighted by molar-refractivity contribution is -0.134. The molecule has 5 heteroatoms. The predicted molar refractivity (Wildman–Crippen MR) is 89.9 cm³/mol. The fourth-order valence-electron chi connectivity index (χ4n) is 3.22. The number of hydrogen-bond acceptors (Lipinski definition) is 3. The van der Waals surface area contributed by atoms with Gasteiger partial charge in [0.1, 0.15) is 11.6 Å². The molecule has 0 saturated carbocycles. The van der Waals surface area contributed by atoms with Gasteiger partial charge in [-0.25, -0.2) is 4.39 Å². The van der Waals surface area contributed by atoms with Crippen LogP contribution in [0.2, 0.25) is 0 Å². The van der Waals surface area contributed by atoms with Crippen LogP contribution < -0.4 is 0 Å². The maximum atomic E-state index is 13.4. The van der Waals surface area contributed by atoms with Crippen molar-refractivity contribution in [2.45, 2.75) is 31.8 Å². The Kier molecular flexibility index (Phi) is 5.30. The van der Waals surface area contributed by atoms with Gasteiger partial charge in [0.15, 0.2) is 0 Å². The van der Waals surface area contributed by atoms with Crippen molar-refractivity contribution < 1.29 is 13.6 Å². The minimum absolute atomic E-state index is 0.0200. The molecule has 0 bridgehead atoms. The zero-order chi connectivity index (χ0) is 16.9. The highest BCUT2D eigenvalue weighted by Gasteiger charge is 2.27. The van der Waals surface area contributed by atoms with Gasteiger partial charge in [-0.3, -0.25) is 4.79 Å². The van der Waals surface area contributed by atoms with Crippen LogP contribution in [0.3, 0.4) is 0 Å². The third-order valence-electron chi connectivity index (χ3n) is 4.60.